The zero-order valence-corrected chi connectivity index (χ0v) is 16.3. The van der Waals surface area contributed by atoms with E-state index in [0.717, 1.165) is 18.9 Å². The van der Waals surface area contributed by atoms with Crippen LogP contribution in [0, 0.1) is 0 Å². The normalized spacial score (nSPS) is 17.0. The first-order valence-corrected chi connectivity index (χ1v) is 10.7. The maximum Gasteiger partial charge on any atom is 0.416 e. The van der Waals surface area contributed by atoms with Crippen molar-refractivity contribution in [3.8, 4) is 17.1 Å². The van der Waals surface area contributed by atoms with Crippen molar-refractivity contribution >= 4 is 27.7 Å². The van der Waals surface area contributed by atoms with Gasteiger partial charge in [-0.15, -0.1) is 0 Å². The van der Waals surface area contributed by atoms with Crippen molar-refractivity contribution in [3.63, 3.8) is 0 Å². The van der Waals surface area contributed by atoms with Gasteiger partial charge in [-0.2, -0.15) is 13.2 Å². The van der Waals surface area contributed by atoms with E-state index in [4.69, 9.17) is 0 Å². The first-order valence-electron chi connectivity index (χ1n) is 9.06. The Morgan fingerprint density at radius 1 is 1.28 bits per heavy atom. The number of aromatic hydroxyl groups is 1. The van der Waals surface area contributed by atoms with Crippen LogP contribution in [0.2, 0.25) is 0 Å². The maximum atomic E-state index is 13.0. The Labute approximate surface area is 167 Å². The van der Waals surface area contributed by atoms with Gasteiger partial charge in [0.1, 0.15) is 22.9 Å². The number of phenols is 1. The highest BCUT2D eigenvalue weighted by molar-refractivity contribution is 7.84. The average Bonchev–Trinajstić information content (AvgIpc) is 3.12. The second-order valence-corrected chi connectivity index (χ2v) is 8.70. The molecule has 29 heavy (non-hydrogen) atoms. The lowest BCUT2D eigenvalue weighted by Crippen LogP contribution is -2.38. The van der Waals surface area contributed by atoms with Gasteiger partial charge in [-0.3, -0.25) is 4.21 Å². The van der Waals surface area contributed by atoms with E-state index in [-0.39, 0.29) is 16.3 Å². The number of anilines is 1. The minimum absolute atomic E-state index is 0.0721. The topological polar surface area (TPSA) is 82.1 Å². The van der Waals surface area contributed by atoms with Gasteiger partial charge in [0, 0.05) is 41.6 Å². The Balaban J connectivity index is 1.72. The molecule has 4 rings (SSSR count). The highest BCUT2D eigenvalue weighted by Gasteiger charge is 2.32. The summed E-state index contributed by atoms with van der Waals surface area (Å²) in [5, 5.41) is 10.2. The van der Waals surface area contributed by atoms with E-state index in [1.165, 1.54) is 0 Å². The minimum Gasteiger partial charge on any atom is -0.506 e. The van der Waals surface area contributed by atoms with E-state index < -0.39 is 28.3 Å². The molecule has 1 aliphatic heterocycles. The van der Waals surface area contributed by atoms with E-state index in [9.17, 15) is 22.5 Å². The molecule has 1 aromatic carbocycles. The van der Waals surface area contributed by atoms with Gasteiger partial charge in [-0.05, 0) is 37.1 Å². The van der Waals surface area contributed by atoms with E-state index >= 15 is 0 Å². The second kappa shape index (κ2) is 7.33. The predicted octanol–water partition coefficient (Wildman–Crippen LogP) is 3.70. The predicted molar refractivity (Wildman–Crippen MR) is 105 cm³/mol. The number of imidazole rings is 1. The monoisotopic (exact) mass is 424 g/mol. The standard InChI is InChI=1S/C19H19F3N4O2S/c1-29(28)12-4-7-26(8-5-12)18-13(3-2-6-23-18)17-24-14-9-11(19(20,21)22)10-15(27)16(14)25-17/h2-3,6,9-10,12,27H,4-5,7-8H2,1H3,(H,24,25). The third-order valence-corrected chi connectivity index (χ3v) is 6.56. The van der Waals surface area contributed by atoms with Gasteiger partial charge >= 0.3 is 6.18 Å². The molecule has 10 heteroatoms. The zero-order valence-electron chi connectivity index (χ0n) is 15.5. The highest BCUT2D eigenvalue weighted by atomic mass is 32.2. The molecule has 2 N–H and O–H groups in total. The molecule has 154 valence electrons. The number of aromatic nitrogens is 3. The number of piperidine rings is 1. The van der Waals surface area contributed by atoms with Crippen LogP contribution >= 0.6 is 0 Å². The van der Waals surface area contributed by atoms with Crippen LogP contribution in [0.25, 0.3) is 22.4 Å². The molecule has 2 aromatic heterocycles. The quantitative estimate of drug-likeness (QED) is 0.670. The van der Waals surface area contributed by atoms with Gasteiger partial charge < -0.3 is 15.0 Å². The van der Waals surface area contributed by atoms with E-state index in [1.807, 2.05) is 0 Å². The molecule has 0 aliphatic carbocycles. The molecule has 0 spiro atoms. The van der Waals surface area contributed by atoms with Crippen LogP contribution in [0.15, 0.2) is 30.5 Å². The Kier molecular flexibility index (Phi) is 4.97. The molecule has 1 fully saturated rings. The van der Waals surface area contributed by atoms with Crippen LogP contribution in [0.3, 0.4) is 0 Å². The Morgan fingerprint density at radius 2 is 2.00 bits per heavy atom. The van der Waals surface area contributed by atoms with Crippen molar-refractivity contribution in [2.75, 3.05) is 24.2 Å². The lowest BCUT2D eigenvalue weighted by molar-refractivity contribution is -0.137. The average molecular weight is 424 g/mol. The molecule has 1 atom stereocenters. The van der Waals surface area contributed by atoms with Crippen molar-refractivity contribution in [2.45, 2.75) is 24.3 Å². The number of hydrogen-bond acceptors (Lipinski definition) is 5. The van der Waals surface area contributed by atoms with Gasteiger partial charge in [0.2, 0.25) is 0 Å². The lowest BCUT2D eigenvalue weighted by atomic mass is 10.1. The number of nitrogens with one attached hydrogen (secondary N) is 1. The van der Waals surface area contributed by atoms with Crippen molar-refractivity contribution in [1.29, 1.82) is 0 Å². The molecule has 0 bridgehead atoms. The molecule has 0 saturated carbocycles. The Hall–Kier alpha value is -2.62. The smallest absolute Gasteiger partial charge is 0.416 e. The van der Waals surface area contributed by atoms with Crippen LogP contribution < -0.4 is 4.90 Å². The van der Waals surface area contributed by atoms with Crippen LogP contribution in [-0.2, 0) is 17.0 Å². The fourth-order valence-electron chi connectivity index (χ4n) is 3.62. The minimum atomic E-state index is -4.57. The summed E-state index contributed by atoms with van der Waals surface area (Å²) >= 11 is 0. The molecule has 1 unspecified atom stereocenters. The van der Waals surface area contributed by atoms with E-state index in [0.29, 0.717) is 36.4 Å². The van der Waals surface area contributed by atoms with Crippen molar-refractivity contribution in [3.05, 3.63) is 36.0 Å². The number of alkyl halides is 3. The van der Waals surface area contributed by atoms with Gasteiger partial charge in [0.25, 0.3) is 0 Å². The van der Waals surface area contributed by atoms with Gasteiger partial charge in [-0.1, -0.05) is 0 Å². The number of fused-ring (bicyclic) bond motifs is 1. The number of aromatic amines is 1. The Bertz CT molecular complexity index is 1070. The van der Waals surface area contributed by atoms with E-state index in [2.05, 4.69) is 19.9 Å². The van der Waals surface area contributed by atoms with E-state index in [1.54, 1.807) is 24.6 Å². The fraction of sp³-hybridized carbons (Fsp3) is 0.368. The SMILES string of the molecule is CS(=O)C1CCN(c2ncccc2-c2nc3c(O)cc(C(F)(F)F)cc3[nH]2)CC1. The number of rotatable bonds is 3. The first-order chi connectivity index (χ1) is 13.7. The van der Waals surface area contributed by atoms with Crippen LogP contribution in [0.1, 0.15) is 18.4 Å². The van der Waals surface area contributed by atoms with Crippen molar-refractivity contribution in [1.82, 2.24) is 15.0 Å². The highest BCUT2D eigenvalue weighted by Crippen LogP contribution is 2.37. The van der Waals surface area contributed by atoms with Crippen molar-refractivity contribution < 1.29 is 22.5 Å². The van der Waals surface area contributed by atoms with Gasteiger partial charge in [0.15, 0.2) is 0 Å². The summed E-state index contributed by atoms with van der Waals surface area (Å²) in [6.07, 6.45) is 0.331. The molecular formula is C19H19F3N4O2S. The molecule has 1 saturated heterocycles. The number of nitrogens with zero attached hydrogens (tertiary/aromatic N) is 3. The number of H-pyrrole nitrogens is 1. The molecule has 0 amide bonds. The van der Waals surface area contributed by atoms with Crippen molar-refractivity contribution in [2.24, 2.45) is 0 Å². The summed E-state index contributed by atoms with van der Waals surface area (Å²) in [6.45, 7) is 1.36. The summed E-state index contributed by atoms with van der Waals surface area (Å²) in [7, 11) is -0.873. The van der Waals surface area contributed by atoms with Crippen LogP contribution in [0.5, 0.6) is 5.75 Å². The largest absolute Gasteiger partial charge is 0.506 e. The van der Waals surface area contributed by atoms with Crippen LogP contribution in [0.4, 0.5) is 19.0 Å². The van der Waals surface area contributed by atoms with Gasteiger partial charge in [-0.25, -0.2) is 9.97 Å². The summed E-state index contributed by atoms with van der Waals surface area (Å²) in [5.41, 5.74) is -0.142. The fourth-order valence-corrected chi connectivity index (χ4v) is 4.50. The number of pyridine rings is 1. The molecule has 3 aromatic rings. The van der Waals surface area contributed by atoms with Gasteiger partial charge in [0.05, 0.1) is 16.6 Å². The molecule has 3 heterocycles. The summed E-state index contributed by atoms with van der Waals surface area (Å²) < 4.78 is 50.8. The first kappa shape index (κ1) is 19.7. The molecule has 6 nitrogen and oxygen atoms in total. The summed E-state index contributed by atoms with van der Waals surface area (Å²) in [5.74, 6) is 0.454. The second-order valence-electron chi connectivity index (χ2n) is 7.03. The zero-order chi connectivity index (χ0) is 20.8. The third kappa shape index (κ3) is 3.81. The number of benzene rings is 1. The summed E-state index contributed by atoms with van der Waals surface area (Å²) in [4.78, 5) is 13.7. The Morgan fingerprint density at radius 3 is 2.66 bits per heavy atom. The molecule has 1 aliphatic rings. The molecule has 0 radical (unpaired) electrons. The number of halogens is 3. The number of hydrogen-bond donors (Lipinski definition) is 2. The van der Waals surface area contributed by atoms with Crippen LogP contribution in [-0.4, -0.2) is 48.9 Å². The summed E-state index contributed by atoms with van der Waals surface area (Å²) in [6, 6.07) is 5.11. The lowest BCUT2D eigenvalue weighted by Gasteiger charge is -2.32. The molecular weight excluding hydrogens is 405 g/mol. The number of phenolic OH excluding ortho intramolecular Hbond substituents is 1. The third-order valence-electron chi connectivity index (χ3n) is 5.15. The maximum absolute atomic E-state index is 13.0.